The maximum absolute atomic E-state index is 12.4. The monoisotopic (exact) mass is 401 g/mol. The van der Waals surface area contributed by atoms with E-state index in [2.05, 4.69) is 26.9 Å². The average Bonchev–Trinajstić information content (AvgIpc) is 3.39. The Morgan fingerprint density at radius 1 is 1.18 bits per heavy atom. The van der Waals surface area contributed by atoms with Gasteiger partial charge in [0.2, 0.25) is 6.79 Å². The van der Waals surface area contributed by atoms with Crippen LogP contribution in [0.2, 0.25) is 0 Å². The number of thiophene rings is 1. The average molecular weight is 401 g/mol. The number of amides is 1. The molecular formula is C20H23N3O4S. The molecule has 2 aliphatic heterocycles. The van der Waals surface area contributed by atoms with Gasteiger partial charge in [0.15, 0.2) is 18.1 Å². The molecule has 148 valence electrons. The molecule has 7 nitrogen and oxygen atoms in total. The molecule has 0 radical (unpaired) electrons. The lowest BCUT2D eigenvalue weighted by atomic mass is 10.1. The first-order valence-electron chi connectivity index (χ1n) is 9.27. The summed E-state index contributed by atoms with van der Waals surface area (Å²) in [5.41, 5.74) is 2.90. The van der Waals surface area contributed by atoms with Gasteiger partial charge in [-0.1, -0.05) is 5.16 Å². The van der Waals surface area contributed by atoms with Gasteiger partial charge in [-0.2, -0.15) is 11.3 Å². The van der Waals surface area contributed by atoms with Gasteiger partial charge < -0.3 is 19.2 Å². The Bertz CT molecular complexity index is 845. The summed E-state index contributed by atoms with van der Waals surface area (Å²) in [6, 6.07) is 7.75. The fourth-order valence-electron chi connectivity index (χ4n) is 3.25. The maximum atomic E-state index is 12.4. The molecule has 8 heteroatoms. The van der Waals surface area contributed by atoms with E-state index in [1.54, 1.807) is 11.3 Å². The van der Waals surface area contributed by atoms with E-state index in [4.69, 9.17) is 14.3 Å². The summed E-state index contributed by atoms with van der Waals surface area (Å²) >= 11 is 1.72. The second-order valence-corrected chi connectivity index (χ2v) is 7.59. The topological polar surface area (TPSA) is 63.6 Å². The predicted molar refractivity (Wildman–Crippen MR) is 107 cm³/mol. The van der Waals surface area contributed by atoms with Crippen molar-refractivity contribution in [2.75, 3.05) is 39.6 Å². The molecule has 1 aromatic carbocycles. The van der Waals surface area contributed by atoms with Crippen molar-refractivity contribution in [3.8, 4) is 11.5 Å². The lowest BCUT2D eigenvalue weighted by Gasteiger charge is -2.34. The van der Waals surface area contributed by atoms with Crippen LogP contribution in [-0.4, -0.2) is 61.0 Å². The first-order chi connectivity index (χ1) is 13.7. The molecule has 0 aliphatic carbocycles. The van der Waals surface area contributed by atoms with Crippen LogP contribution in [0.4, 0.5) is 0 Å². The first kappa shape index (κ1) is 18.8. The number of carbonyl (C=O) groups excluding carboxylic acids is 1. The summed E-state index contributed by atoms with van der Waals surface area (Å²) in [6.45, 7) is 6.16. The molecule has 0 spiro atoms. The predicted octanol–water partition coefficient (Wildman–Crippen LogP) is 2.56. The third kappa shape index (κ3) is 4.45. The second kappa shape index (κ2) is 8.62. The van der Waals surface area contributed by atoms with Crippen LogP contribution in [0.5, 0.6) is 11.5 Å². The van der Waals surface area contributed by atoms with E-state index >= 15 is 0 Å². The Morgan fingerprint density at radius 3 is 2.79 bits per heavy atom. The van der Waals surface area contributed by atoms with Gasteiger partial charge in [0.05, 0.1) is 5.71 Å². The summed E-state index contributed by atoms with van der Waals surface area (Å²) in [5.74, 6) is 1.40. The molecule has 0 N–H and O–H groups in total. The van der Waals surface area contributed by atoms with E-state index in [1.165, 1.54) is 5.56 Å². The fraction of sp³-hybridized carbons (Fsp3) is 0.400. The molecule has 1 amide bonds. The second-order valence-electron chi connectivity index (χ2n) is 6.81. The van der Waals surface area contributed by atoms with Crippen molar-refractivity contribution < 1.29 is 19.1 Å². The lowest BCUT2D eigenvalue weighted by molar-refractivity contribution is -0.137. The molecule has 2 aliphatic rings. The van der Waals surface area contributed by atoms with E-state index in [0.29, 0.717) is 11.5 Å². The minimum absolute atomic E-state index is 0.0302. The molecule has 0 saturated carbocycles. The van der Waals surface area contributed by atoms with Crippen molar-refractivity contribution in [3.05, 3.63) is 46.2 Å². The van der Waals surface area contributed by atoms with Gasteiger partial charge in [-0.3, -0.25) is 9.69 Å². The number of fused-ring (bicyclic) bond motifs is 1. The number of piperazine rings is 1. The molecule has 4 rings (SSSR count). The van der Waals surface area contributed by atoms with Crippen molar-refractivity contribution in [2.24, 2.45) is 5.16 Å². The third-order valence-electron chi connectivity index (χ3n) is 4.89. The highest BCUT2D eigenvalue weighted by molar-refractivity contribution is 7.07. The Labute approximate surface area is 168 Å². The number of oxime groups is 1. The largest absolute Gasteiger partial charge is 0.454 e. The molecule has 0 unspecified atom stereocenters. The Morgan fingerprint density at radius 2 is 2.00 bits per heavy atom. The number of nitrogens with zero attached hydrogens (tertiary/aromatic N) is 3. The summed E-state index contributed by atoms with van der Waals surface area (Å²) in [6.07, 6.45) is 0. The van der Waals surface area contributed by atoms with Gasteiger partial charge in [-0.25, -0.2) is 0 Å². The summed E-state index contributed by atoms with van der Waals surface area (Å²) < 4.78 is 10.7. The number of carbonyl (C=O) groups is 1. The quantitative estimate of drug-likeness (QED) is 0.550. The molecule has 0 atom stereocenters. The first-order valence-corrected chi connectivity index (χ1v) is 10.2. The number of ether oxygens (including phenoxy) is 2. The van der Waals surface area contributed by atoms with E-state index in [1.807, 2.05) is 30.0 Å². The zero-order chi connectivity index (χ0) is 19.3. The fourth-order valence-corrected chi connectivity index (χ4v) is 3.91. The zero-order valence-electron chi connectivity index (χ0n) is 15.8. The molecule has 28 heavy (non-hydrogen) atoms. The third-order valence-corrected chi connectivity index (χ3v) is 5.62. The normalized spacial score (nSPS) is 17.0. The molecule has 1 fully saturated rings. The maximum Gasteiger partial charge on any atom is 0.263 e. The van der Waals surface area contributed by atoms with Crippen molar-refractivity contribution in [1.82, 2.24) is 9.80 Å². The summed E-state index contributed by atoms with van der Waals surface area (Å²) in [4.78, 5) is 21.9. The van der Waals surface area contributed by atoms with Gasteiger partial charge in [-0.05, 0) is 47.5 Å². The van der Waals surface area contributed by atoms with Gasteiger partial charge in [0, 0.05) is 38.3 Å². The minimum atomic E-state index is -0.0492. The molecule has 3 heterocycles. The van der Waals surface area contributed by atoms with Crippen LogP contribution < -0.4 is 9.47 Å². The van der Waals surface area contributed by atoms with Gasteiger partial charge in [0.1, 0.15) is 0 Å². The summed E-state index contributed by atoms with van der Waals surface area (Å²) in [5, 5.41) is 8.35. The summed E-state index contributed by atoms with van der Waals surface area (Å²) in [7, 11) is 0. The van der Waals surface area contributed by atoms with Crippen molar-refractivity contribution in [1.29, 1.82) is 0 Å². The van der Waals surface area contributed by atoms with Crippen LogP contribution in [-0.2, 0) is 16.2 Å². The number of hydrogen-bond acceptors (Lipinski definition) is 7. The Hall–Kier alpha value is -2.58. The van der Waals surface area contributed by atoms with E-state index in [0.717, 1.165) is 44.0 Å². The SMILES string of the molecule is C/C(=N/OCC(=O)N1CCN(Cc2ccsc2)CC1)c1ccc2c(c1)OCO2. The number of hydrogen-bond donors (Lipinski definition) is 0. The Kier molecular flexibility index (Phi) is 5.78. The van der Waals surface area contributed by atoms with Gasteiger partial charge in [-0.15, -0.1) is 0 Å². The van der Waals surface area contributed by atoms with Crippen molar-refractivity contribution in [3.63, 3.8) is 0 Å². The van der Waals surface area contributed by atoms with Crippen LogP contribution in [0.25, 0.3) is 0 Å². The van der Waals surface area contributed by atoms with E-state index in [9.17, 15) is 4.79 Å². The van der Waals surface area contributed by atoms with Gasteiger partial charge in [0.25, 0.3) is 5.91 Å². The molecule has 0 bridgehead atoms. The smallest absolute Gasteiger partial charge is 0.263 e. The van der Waals surface area contributed by atoms with Crippen LogP contribution in [0.3, 0.4) is 0 Å². The molecule has 1 saturated heterocycles. The van der Waals surface area contributed by atoms with E-state index < -0.39 is 0 Å². The number of rotatable bonds is 6. The van der Waals surface area contributed by atoms with Crippen LogP contribution in [0.1, 0.15) is 18.1 Å². The highest BCUT2D eigenvalue weighted by Crippen LogP contribution is 2.32. The van der Waals surface area contributed by atoms with Crippen LogP contribution >= 0.6 is 11.3 Å². The standard InChI is InChI=1S/C20H23N3O4S/c1-15(17-2-3-18-19(10-17)26-14-25-18)21-27-12-20(24)23-7-5-22(6-8-23)11-16-4-9-28-13-16/h2-4,9-10,13H,5-8,11-12,14H2,1H3/b21-15-. The van der Waals surface area contributed by atoms with Crippen molar-refractivity contribution in [2.45, 2.75) is 13.5 Å². The van der Waals surface area contributed by atoms with Crippen LogP contribution in [0, 0.1) is 0 Å². The molecule has 2 aromatic rings. The van der Waals surface area contributed by atoms with Crippen molar-refractivity contribution >= 4 is 23.0 Å². The molecule has 1 aromatic heterocycles. The van der Waals surface area contributed by atoms with Crippen LogP contribution in [0.15, 0.2) is 40.2 Å². The lowest BCUT2D eigenvalue weighted by Crippen LogP contribution is -2.49. The minimum Gasteiger partial charge on any atom is -0.454 e. The van der Waals surface area contributed by atoms with Gasteiger partial charge >= 0.3 is 0 Å². The zero-order valence-corrected chi connectivity index (χ0v) is 16.6. The van der Waals surface area contributed by atoms with E-state index in [-0.39, 0.29) is 19.3 Å². The number of benzene rings is 1. The highest BCUT2D eigenvalue weighted by Gasteiger charge is 2.21. The molecular weight excluding hydrogens is 378 g/mol. The Balaban J connectivity index is 1.23. The highest BCUT2D eigenvalue weighted by atomic mass is 32.1.